The van der Waals surface area contributed by atoms with E-state index in [0.29, 0.717) is 11.4 Å². The highest BCUT2D eigenvalue weighted by Gasteiger charge is 2.31. The van der Waals surface area contributed by atoms with Gasteiger partial charge in [0.2, 0.25) is 10.0 Å². The van der Waals surface area contributed by atoms with Crippen LogP contribution in [-0.2, 0) is 10.0 Å². The summed E-state index contributed by atoms with van der Waals surface area (Å²) in [6.07, 6.45) is 2.63. The largest absolute Gasteiger partial charge is 0.317 e. The zero-order valence-electron chi connectivity index (χ0n) is 11.8. The molecule has 1 aliphatic rings. The van der Waals surface area contributed by atoms with Gasteiger partial charge in [-0.3, -0.25) is 0 Å². The third kappa shape index (κ3) is 3.95. The number of hydrogen-bond acceptors (Lipinski definition) is 3. The minimum Gasteiger partial charge on any atom is -0.317 e. The van der Waals surface area contributed by atoms with Crippen molar-refractivity contribution in [3.05, 3.63) is 30.3 Å². The highest BCUT2D eigenvalue weighted by molar-refractivity contribution is 7.89. The number of hydrogen-bond donors (Lipinski definition) is 1. The van der Waals surface area contributed by atoms with Gasteiger partial charge >= 0.3 is 0 Å². The first kappa shape index (κ1) is 17.4. The highest BCUT2D eigenvalue weighted by Crippen LogP contribution is 2.22. The molecule has 20 heavy (non-hydrogen) atoms. The summed E-state index contributed by atoms with van der Waals surface area (Å²) in [5.74, 6) is 0. The molecule has 1 aliphatic heterocycles. The molecule has 0 aliphatic carbocycles. The third-order valence-electron chi connectivity index (χ3n) is 3.51. The molecule has 4 nitrogen and oxygen atoms in total. The van der Waals surface area contributed by atoms with E-state index < -0.39 is 10.0 Å². The molecule has 0 saturated carbocycles. The van der Waals surface area contributed by atoms with Gasteiger partial charge in [-0.25, -0.2) is 8.42 Å². The second-order valence-corrected chi connectivity index (χ2v) is 6.80. The minimum absolute atomic E-state index is 0. The number of benzene rings is 1. The number of nitrogens with zero attached hydrogens (tertiary/aromatic N) is 1. The molecular formula is C14H23ClN2O2S. The third-order valence-corrected chi connectivity index (χ3v) is 5.48. The average molecular weight is 319 g/mol. The van der Waals surface area contributed by atoms with Gasteiger partial charge < -0.3 is 5.32 Å². The summed E-state index contributed by atoms with van der Waals surface area (Å²) in [6, 6.07) is 8.89. The SMILES string of the molecule is CCCN(C1CCNCC1)S(=O)(=O)c1ccccc1.Cl. The van der Waals surface area contributed by atoms with Gasteiger partial charge in [0.25, 0.3) is 0 Å². The van der Waals surface area contributed by atoms with Crippen molar-refractivity contribution in [1.29, 1.82) is 0 Å². The molecule has 1 aromatic rings. The highest BCUT2D eigenvalue weighted by atomic mass is 35.5. The molecule has 1 saturated heterocycles. The van der Waals surface area contributed by atoms with Crippen LogP contribution in [-0.4, -0.2) is 38.4 Å². The lowest BCUT2D eigenvalue weighted by Gasteiger charge is -2.33. The summed E-state index contributed by atoms with van der Waals surface area (Å²) in [5.41, 5.74) is 0. The van der Waals surface area contributed by atoms with Gasteiger partial charge in [0, 0.05) is 12.6 Å². The first-order valence-electron chi connectivity index (χ1n) is 6.94. The molecular weight excluding hydrogens is 296 g/mol. The number of sulfonamides is 1. The van der Waals surface area contributed by atoms with E-state index in [-0.39, 0.29) is 18.4 Å². The van der Waals surface area contributed by atoms with Gasteiger partial charge in [0.05, 0.1) is 4.90 Å². The van der Waals surface area contributed by atoms with Crippen molar-refractivity contribution in [3.8, 4) is 0 Å². The predicted octanol–water partition coefficient (Wildman–Crippen LogP) is 2.26. The topological polar surface area (TPSA) is 49.4 Å². The van der Waals surface area contributed by atoms with Crippen molar-refractivity contribution in [2.45, 2.75) is 37.1 Å². The van der Waals surface area contributed by atoms with E-state index >= 15 is 0 Å². The first-order valence-corrected chi connectivity index (χ1v) is 8.38. The molecule has 2 rings (SSSR count). The zero-order chi connectivity index (χ0) is 13.7. The van der Waals surface area contributed by atoms with E-state index in [2.05, 4.69) is 5.32 Å². The summed E-state index contributed by atoms with van der Waals surface area (Å²) in [6.45, 7) is 4.42. The van der Waals surface area contributed by atoms with E-state index in [1.54, 1.807) is 28.6 Å². The zero-order valence-corrected chi connectivity index (χ0v) is 13.4. The van der Waals surface area contributed by atoms with E-state index in [1.165, 1.54) is 0 Å². The lowest BCUT2D eigenvalue weighted by atomic mass is 10.1. The van der Waals surface area contributed by atoms with Crippen LogP contribution in [0.3, 0.4) is 0 Å². The molecule has 0 aromatic heterocycles. The molecule has 0 bridgehead atoms. The Morgan fingerprint density at radius 1 is 1.20 bits per heavy atom. The Hall–Kier alpha value is -0.620. The van der Waals surface area contributed by atoms with E-state index in [0.717, 1.165) is 32.4 Å². The van der Waals surface area contributed by atoms with Gasteiger partial charge in [-0.15, -0.1) is 12.4 Å². The van der Waals surface area contributed by atoms with Crippen LogP contribution in [0.25, 0.3) is 0 Å². The smallest absolute Gasteiger partial charge is 0.243 e. The fourth-order valence-corrected chi connectivity index (χ4v) is 4.34. The average Bonchev–Trinajstić information content (AvgIpc) is 2.46. The quantitative estimate of drug-likeness (QED) is 0.906. The number of piperidine rings is 1. The van der Waals surface area contributed by atoms with Crippen LogP contribution in [0.5, 0.6) is 0 Å². The Balaban J connectivity index is 0.00000200. The molecule has 0 atom stereocenters. The minimum atomic E-state index is -3.36. The Morgan fingerprint density at radius 2 is 1.80 bits per heavy atom. The molecule has 1 aromatic carbocycles. The van der Waals surface area contributed by atoms with Crippen molar-refractivity contribution < 1.29 is 8.42 Å². The van der Waals surface area contributed by atoms with Gasteiger partial charge in [-0.1, -0.05) is 25.1 Å². The van der Waals surface area contributed by atoms with Gasteiger partial charge in [-0.05, 0) is 44.5 Å². The standard InChI is InChI=1S/C14H22N2O2S.ClH/c1-2-12-16(13-8-10-15-11-9-13)19(17,18)14-6-4-3-5-7-14;/h3-7,13,15H,2,8-12H2,1H3;1H. The van der Waals surface area contributed by atoms with Crippen LogP contribution in [0.4, 0.5) is 0 Å². The Kier molecular flexibility index (Phi) is 6.95. The van der Waals surface area contributed by atoms with Crippen LogP contribution in [0.2, 0.25) is 0 Å². The monoisotopic (exact) mass is 318 g/mol. The van der Waals surface area contributed by atoms with Crippen molar-refractivity contribution in [2.24, 2.45) is 0 Å². The summed E-state index contributed by atoms with van der Waals surface area (Å²) >= 11 is 0. The second kappa shape index (κ2) is 7.98. The van der Waals surface area contributed by atoms with E-state index in [4.69, 9.17) is 0 Å². The summed E-state index contributed by atoms with van der Waals surface area (Å²) < 4.78 is 27.2. The van der Waals surface area contributed by atoms with Crippen molar-refractivity contribution >= 4 is 22.4 Å². The second-order valence-electron chi connectivity index (χ2n) is 4.91. The van der Waals surface area contributed by atoms with Crippen LogP contribution < -0.4 is 5.32 Å². The molecule has 6 heteroatoms. The van der Waals surface area contributed by atoms with Gasteiger partial charge in [-0.2, -0.15) is 4.31 Å². The maximum Gasteiger partial charge on any atom is 0.243 e. The lowest BCUT2D eigenvalue weighted by Crippen LogP contribution is -2.46. The molecule has 1 fully saturated rings. The van der Waals surface area contributed by atoms with Crippen molar-refractivity contribution in [1.82, 2.24) is 9.62 Å². The molecule has 1 N–H and O–H groups in total. The summed E-state index contributed by atoms with van der Waals surface area (Å²) in [5, 5.41) is 3.28. The molecule has 114 valence electrons. The Labute approximate surface area is 128 Å². The number of rotatable bonds is 5. The Morgan fingerprint density at radius 3 is 2.35 bits per heavy atom. The molecule has 0 amide bonds. The number of nitrogens with one attached hydrogen (secondary N) is 1. The van der Waals surface area contributed by atoms with Crippen molar-refractivity contribution in [3.63, 3.8) is 0 Å². The normalized spacial score (nSPS) is 16.9. The summed E-state index contributed by atoms with van der Waals surface area (Å²) in [4.78, 5) is 0.405. The van der Waals surface area contributed by atoms with E-state index in [1.807, 2.05) is 13.0 Å². The van der Waals surface area contributed by atoms with Crippen LogP contribution in [0.15, 0.2) is 35.2 Å². The molecule has 0 unspecified atom stereocenters. The predicted molar refractivity (Wildman–Crippen MR) is 83.8 cm³/mol. The van der Waals surface area contributed by atoms with Gasteiger partial charge in [0.1, 0.15) is 0 Å². The van der Waals surface area contributed by atoms with E-state index in [9.17, 15) is 8.42 Å². The van der Waals surface area contributed by atoms with Crippen LogP contribution >= 0.6 is 12.4 Å². The molecule has 1 heterocycles. The Bertz CT molecular complexity index is 487. The molecule has 0 spiro atoms. The van der Waals surface area contributed by atoms with Crippen LogP contribution in [0, 0.1) is 0 Å². The number of halogens is 1. The maximum atomic E-state index is 12.7. The first-order chi connectivity index (χ1) is 9.16. The fraction of sp³-hybridized carbons (Fsp3) is 0.571. The lowest BCUT2D eigenvalue weighted by molar-refractivity contribution is 0.262. The van der Waals surface area contributed by atoms with Gasteiger partial charge in [0.15, 0.2) is 0 Å². The van der Waals surface area contributed by atoms with Crippen LogP contribution in [0.1, 0.15) is 26.2 Å². The summed E-state index contributed by atoms with van der Waals surface area (Å²) in [7, 11) is -3.36. The van der Waals surface area contributed by atoms with Crippen molar-refractivity contribution in [2.75, 3.05) is 19.6 Å². The fourth-order valence-electron chi connectivity index (χ4n) is 2.54. The maximum absolute atomic E-state index is 12.7. The molecule has 0 radical (unpaired) electrons.